The fourth-order valence-corrected chi connectivity index (χ4v) is 2.45. The van der Waals surface area contributed by atoms with E-state index in [-0.39, 0.29) is 5.75 Å². The lowest BCUT2D eigenvalue weighted by Gasteiger charge is -2.12. The van der Waals surface area contributed by atoms with Crippen LogP contribution in [0.15, 0.2) is 48.5 Å². The molecule has 1 nitrogen and oxygen atoms in total. The molecule has 0 N–H and O–H groups in total. The van der Waals surface area contributed by atoms with Crippen LogP contribution in [-0.2, 0) is 0 Å². The van der Waals surface area contributed by atoms with E-state index in [1.54, 1.807) is 12.1 Å². The van der Waals surface area contributed by atoms with Crippen LogP contribution in [0, 0.1) is 0 Å². The summed E-state index contributed by atoms with van der Waals surface area (Å²) in [5.41, 5.74) is 3.12. The molecule has 2 aromatic rings. The molecular weight excluding hydrogens is 289 g/mol. The van der Waals surface area contributed by atoms with Gasteiger partial charge in [-0.3, -0.25) is 0 Å². The topological polar surface area (TPSA) is 9.23 Å². The highest BCUT2D eigenvalue weighted by Gasteiger charge is 2.30. The summed E-state index contributed by atoms with van der Waals surface area (Å²) in [6.45, 7) is 4.36. The first-order valence-corrected chi connectivity index (χ1v) is 7.35. The van der Waals surface area contributed by atoms with Crippen LogP contribution >= 0.6 is 0 Å². The van der Waals surface area contributed by atoms with Crippen molar-refractivity contribution in [3.63, 3.8) is 0 Å². The van der Waals surface area contributed by atoms with Crippen LogP contribution in [0.5, 0.6) is 5.75 Å². The lowest BCUT2D eigenvalue weighted by molar-refractivity contribution is -0.274. The van der Waals surface area contributed by atoms with Gasteiger partial charge in [0.2, 0.25) is 0 Å². The molecule has 0 fully saturated rings. The molecule has 2 rings (SSSR count). The van der Waals surface area contributed by atoms with Crippen molar-refractivity contribution < 1.29 is 17.9 Å². The maximum atomic E-state index is 12.1. The molecule has 0 spiro atoms. The molecule has 118 valence electrons. The largest absolute Gasteiger partial charge is 0.573 e. The van der Waals surface area contributed by atoms with Crippen molar-refractivity contribution in [3.8, 4) is 16.9 Å². The lowest BCUT2D eigenvalue weighted by atomic mass is 9.94. The van der Waals surface area contributed by atoms with Gasteiger partial charge in [-0.1, -0.05) is 56.7 Å². The second-order valence-electron chi connectivity index (χ2n) is 5.38. The molecule has 1 atom stereocenters. The van der Waals surface area contributed by atoms with E-state index in [0.29, 0.717) is 5.92 Å². The summed E-state index contributed by atoms with van der Waals surface area (Å²) in [6.07, 6.45) is -2.37. The minimum Gasteiger partial charge on any atom is -0.406 e. The summed E-state index contributed by atoms with van der Waals surface area (Å²) in [4.78, 5) is 0. The van der Waals surface area contributed by atoms with Crippen molar-refractivity contribution >= 4 is 0 Å². The van der Waals surface area contributed by atoms with Crippen molar-refractivity contribution in [2.45, 2.75) is 39.0 Å². The number of alkyl halides is 3. The number of halogens is 3. The van der Waals surface area contributed by atoms with Crippen molar-refractivity contribution in [2.24, 2.45) is 0 Å². The molecule has 4 heteroatoms. The van der Waals surface area contributed by atoms with Gasteiger partial charge in [-0.2, -0.15) is 0 Å². The Balaban J connectivity index is 2.11. The van der Waals surface area contributed by atoms with Gasteiger partial charge in [-0.15, -0.1) is 13.2 Å². The predicted molar refractivity (Wildman–Crippen MR) is 81.9 cm³/mol. The van der Waals surface area contributed by atoms with E-state index in [0.717, 1.165) is 24.0 Å². The van der Waals surface area contributed by atoms with E-state index in [2.05, 4.69) is 30.7 Å². The quantitative estimate of drug-likeness (QED) is 0.643. The Morgan fingerprint density at radius 3 is 1.86 bits per heavy atom. The number of ether oxygens (including phenoxy) is 1. The first-order valence-electron chi connectivity index (χ1n) is 7.35. The van der Waals surface area contributed by atoms with E-state index in [9.17, 15) is 13.2 Å². The first-order chi connectivity index (χ1) is 10.4. The molecule has 0 bridgehead atoms. The highest BCUT2D eigenvalue weighted by atomic mass is 19.4. The predicted octanol–water partition coefficient (Wildman–Crippen LogP) is 6.16. The van der Waals surface area contributed by atoms with Crippen LogP contribution in [0.3, 0.4) is 0 Å². The van der Waals surface area contributed by atoms with Crippen molar-refractivity contribution in [2.75, 3.05) is 0 Å². The second-order valence-corrected chi connectivity index (χ2v) is 5.38. The van der Waals surface area contributed by atoms with Gasteiger partial charge in [-0.05, 0) is 41.2 Å². The van der Waals surface area contributed by atoms with Crippen molar-refractivity contribution in [1.29, 1.82) is 0 Å². The molecule has 0 aliphatic carbocycles. The van der Waals surface area contributed by atoms with Gasteiger partial charge in [0.25, 0.3) is 0 Å². The summed E-state index contributed by atoms with van der Waals surface area (Å²) in [5.74, 6) is 0.311. The number of hydrogen-bond acceptors (Lipinski definition) is 1. The molecule has 0 heterocycles. The zero-order valence-corrected chi connectivity index (χ0v) is 12.7. The third-order valence-corrected chi connectivity index (χ3v) is 3.62. The zero-order chi connectivity index (χ0) is 16.2. The zero-order valence-electron chi connectivity index (χ0n) is 12.7. The van der Waals surface area contributed by atoms with E-state index < -0.39 is 6.36 Å². The van der Waals surface area contributed by atoms with Crippen LogP contribution in [0.4, 0.5) is 13.2 Å². The van der Waals surface area contributed by atoms with Gasteiger partial charge in [0.15, 0.2) is 0 Å². The third kappa shape index (κ3) is 4.52. The van der Waals surface area contributed by atoms with Gasteiger partial charge in [0.1, 0.15) is 5.75 Å². The molecule has 0 aliphatic heterocycles. The average molecular weight is 308 g/mol. The maximum Gasteiger partial charge on any atom is 0.573 e. The highest BCUT2D eigenvalue weighted by molar-refractivity contribution is 5.64. The van der Waals surface area contributed by atoms with Crippen molar-refractivity contribution in [1.82, 2.24) is 0 Å². The monoisotopic (exact) mass is 308 g/mol. The van der Waals surface area contributed by atoms with Gasteiger partial charge in [-0.25, -0.2) is 0 Å². The summed E-state index contributed by atoms with van der Waals surface area (Å²) >= 11 is 0. The standard InChI is InChI=1S/C18H19F3O/c1-3-4-13(2)14-5-7-15(8-6-14)16-9-11-17(12-10-16)22-18(19,20)21/h5-13H,3-4H2,1-2H3. The fraction of sp³-hybridized carbons (Fsp3) is 0.333. The number of benzene rings is 2. The SMILES string of the molecule is CCCC(C)c1ccc(-c2ccc(OC(F)(F)F)cc2)cc1. The Kier molecular flexibility index (Phi) is 5.11. The Hall–Kier alpha value is -1.97. The van der Waals surface area contributed by atoms with E-state index >= 15 is 0 Å². The van der Waals surface area contributed by atoms with Crippen molar-refractivity contribution in [3.05, 3.63) is 54.1 Å². The second kappa shape index (κ2) is 6.86. The number of rotatable bonds is 5. The third-order valence-electron chi connectivity index (χ3n) is 3.62. The highest BCUT2D eigenvalue weighted by Crippen LogP contribution is 2.28. The molecule has 0 radical (unpaired) electrons. The van der Waals surface area contributed by atoms with E-state index in [1.165, 1.54) is 17.7 Å². The van der Waals surface area contributed by atoms with Crippen LogP contribution in [0.2, 0.25) is 0 Å². The molecule has 1 unspecified atom stereocenters. The van der Waals surface area contributed by atoms with Gasteiger partial charge >= 0.3 is 6.36 Å². The Labute approximate surface area is 128 Å². The fourth-order valence-electron chi connectivity index (χ4n) is 2.45. The van der Waals surface area contributed by atoms with Gasteiger partial charge in [0, 0.05) is 0 Å². The normalized spacial score (nSPS) is 13.0. The van der Waals surface area contributed by atoms with Crippen LogP contribution in [0.1, 0.15) is 38.2 Å². The summed E-state index contributed by atoms with van der Waals surface area (Å²) < 4.78 is 40.2. The molecule has 0 saturated carbocycles. The Bertz CT molecular complexity index is 585. The molecule has 0 aliphatic rings. The van der Waals surface area contributed by atoms with Crippen LogP contribution < -0.4 is 4.74 Å². The average Bonchev–Trinajstić information content (AvgIpc) is 2.47. The van der Waals surface area contributed by atoms with Crippen LogP contribution in [0.25, 0.3) is 11.1 Å². The molecule has 2 aromatic carbocycles. The summed E-state index contributed by atoms with van der Waals surface area (Å²) in [6, 6.07) is 14.1. The molecule has 0 aromatic heterocycles. The van der Waals surface area contributed by atoms with E-state index in [1.807, 2.05) is 12.1 Å². The Morgan fingerprint density at radius 2 is 1.41 bits per heavy atom. The molecule has 0 saturated heterocycles. The number of hydrogen-bond donors (Lipinski definition) is 0. The summed E-state index contributed by atoms with van der Waals surface area (Å²) in [5, 5.41) is 0. The smallest absolute Gasteiger partial charge is 0.406 e. The van der Waals surface area contributed by atoms with Gasteiger partial charge < -0.3 is 4.74 Å². The lowest BCUT2D eigenvalue weighted by Crippen LogP contribution is -2.16. The Morgan fingerprint density at radius 1 is 0.909 bits per heavy atom. The minimum atomic E-state index is -4.65. The maximum absolute atomic E-state index is 12.1. The molecule has 0 amide bonds. The minimum absolute atomic E-state index is 0.204. The molecular formula is C18H19F3O. The van der Waals surface area contributed by atoms with E-state index in [4.69, 9.17) is 0 Å². The first kappa shape index (κ1) is 16.4. The molecule has 22 heavy (non-hydrogen) atoms. The van der Waals surface area contributed by atoms with Gasteiger partial charge in [0.05, 0.1) is 0 Å². The van der Waals surface area contributed by atoms with Crippen LogP contribution in [-0.4, -0.2) is 6.36 Å². The summed E-state index contributed by atoms with van der Waals surface area (Å²) in [7, 11) is 0.